The van der Waals surface area contributed by atoms with Crippen LogP contribution in [0.2, 0.25) is 0 Å². The zero-order valence-corrected chi connectivity index (χ0v) is 16.8. The fourth-order valence-corrected chi connectivity index (χ4v) is 3.44. The van der Waals surface area contributed by atoms with Gasteiger partial charge in [0.25, 0.3) is 0 Å². The number of nitrogens with one attached hydrogen (secondary N) is 1. The van der Waals surface area contributed by atoms with E-state index in [-0.39, 0.29) is 17.6 Å². The van der Waals surface area contributed by atoms with Gasteiger partial charge in [-0.15, -0.1) is 0 Å². The molecule has 0 saturated heterocycles. The first-order valence-corrected chi connectivity index (χ1v) is 9.92. The third kappa shape index (κ3) is 6.67. The van der Waals surface area contributed by atoms with Crippen LogP contribution >= 0.6 is 11.8 Å². The second-order valence-electron chi connectivity index (χ2n) is 6.53. The third-order valence-electron chi connectivity index (χ3n) is 4.32. The molecular weight excluding hydrogens is 360 g/mol. The molecule has 1 aromatic heterocycles. The SMILES string of the molecule is Cc1nc(SCC(N)=O)nc(C)c1CCC(=O)NC[C@H](C)c1ccccc1. The summed E-state index contributed by atoms with van der Waals surface area (Å²) in [6.45, 7) is 6.50. The predicted octanol–water partition coefficient (Wildman–Crippen LogP) is 2.52. The predicted molar refractivity (Wildman–Crippen MR) is 108 cm³/mol. The molecule has 0 bridgehead atoms. The largest absolute Gasteiger partial charge is 0.369 e. The zero-order valence-electron chi connectivity index (χ0n) is 16.0. The van der Waals surface area contributed by atoms with E-state index in [0.29, 0.717) is 24.5 Å². The number of amides is 2. The average Bonchev–Trinajstić information content (AvgIpc) is 2.64. The first-order valence-electron chi connectivity index (χ1n) is 8.93. The number of carbonyl (C=O) groups is 2. The van der Waals surface area contributed by atoms with Gasteiger partial charge < -0.3 is 11.1 Å². The number of aryl methyl sites for hydroxylation is 2. The Kier molecular flexibility index (Phi) is 7.79. The van der Waals surface area contributed by atoms with Crippen molar-refractivity contribution in [2.45, 2.75) is 44.7 Å². The van der Waals surface area contributed by atoms with E-state index in [0.717, 1.165) is 17.0 Å². The maximum absolute atomic E-state index is 12.2. The maximum Gasteiger partial charge on any atom is 0.227 e. The molecule has 2 rings (SSSR count). The molecule has 27 heavy (non-hydrogen) atoms. The first-order chi connectivity index (χ1) is 12.9. The van der Waals surface area contributed by atoms with Crippen LogP contribution in [-0.4, -0.2) is 34.1 Å². The summed E-state index contributed by atoms with van der Waals surface area (Å²) < 4.78 is 0. The van der Waals surface area contributed by atoms with Crippen LogP contribution in [0.4, 0.5) is 0 Å². The quantitative estimate of drug-likeness (QED) is 0.510. The molecule has 1 aromatic carbocycles. The van der Waals surface area contributed by atoms with Crippen molar-refractivity contribution in [3.63, 3.8) is 0 Å². The van der Waals surface area contributed by atoms with Gasteiger partial charge in [-0.05, 0) is 37.3 Å². The van der Waals surface area contributed by atoms with Crippen molar-refractivity contribution in [2.75, 3.05) is 12.3 Å². The molecule has 2 amide bonds. The van der Waals surface area contributed by atoms with Gasteiger partial charge in [-0.1, -0.05) is 49.0 Å². The molecule has 1 atom stereocenters. The van der Waals surface area contributed by atoms with Crippen LogP contribution in [0.1, 0.15) is 41.8 Å². The molecule has 0 fully saturated rings. The lowest BCUT2D eigenvalue weighted by Crippen LogP contribution is -2.27. The summed E-state index contributed by atoms with van der Waals surface area (Å²) in [5.74, 6) is 0.0388. The molecular formula is C20H26N4O2S. The van der Waals surface area contributed by atoms with Crippen LogP contribution in [0.5, 0.6) is 0 Å². The highest BCUT2D eigenvalue weighted by atomic mass is 32.2. The summed E-state index contributed by atoms with van der Waals surface area (Å²) in [5, 5.41) is 3.53. The topological polar surface area (TPSA) is 98.0 Å². The lowest BCUT2D eigenvalue weighted by Gasteiger charge is -2.14. The Labute approximate surface area is 164 Å². The summed E-state index contributed by atoms with van der Waals surface area (Å²) in [7, 11) is 0. The van der Waals surface area contributed by atoms with Crippen molar-refractivity contribution in [3.8, 4) is 0 Å². The number of nitrogens with zero attached hydrogens (tertiary/aromatic N) is 2. The summed E-state index contributed by atoms with van der Waals surface area (Å²) >= 11 is 1.22. The Hall–Kier alpha value is -2.41. The summed E-state index contributed by atoms with van der Waals surface area (Å²) in [6, 6.07) is 10.1. The Balaban J connectivity index is 1.86. The first kappa shape index (κ1) is 20.9. The number of aromatic nitrogens is 2. The Bertz CT molecular complexity index is 773. The van der Waals surface area contributed by atoms with E-state index in [2.05, 4.69) is 34.3 Å². The molecule has 0 aliphatic rings. The number of thioether (sulfide) groups is 1. The Morgan fingerprint density at radius 3 is 2.37 bits per heavy atom. The van der Waals surface area contributed by atoms with E-state index in [1.807, 2.05) is 32.0 Å². The fourth-order valence-electron chi connectivity index (χ4n) is 2.76. The van der Waals surface area contributed by atoms with Crippen LogP contribution < -0.4 is 11.1 Å². The van der Waals surface area contributed by atoms with Crippen molar-refractivity contribution in [1.82, 2.24) is 15.3 Å². The standard InChI is InChI=1S/C20H26N4O2S/c1-13(16-7-5-4-6-8-16)11-22-19(26)10-9-17-14(2)23-20(24-15(17)3)27-12-18(21)25/h4-8,13H,9-12H2,1-3H3,(H2,21,25)(H,22,26)/t13-/m0/s1. The third-order valence-corrected chi connectivity index (χ3v) is 5.19. The van der Waals surface area contributed by atoms with Crippen molar-refractivity contribution in [3.05, 3.63) is 52.8 Å². The van der Waals surface area contributed by atoms with E-state index >= 15 is 0 Å². The van der Waals surface area contributed by atoms with E-state index in [1.54, 1.807) is 0 Å². The minimum absolute atomic E-state index is 0.0174. The van der Waals surface area contributed by atoms with Gasteiger partial charge in [0.15, 0.2) is 5.16 Å². The molecule has 144 valence electrons. The second-order valence-corrected chi connectivity index (χ2v) is 7.47. The van der Waals surface area contributed by atoms with Gasteiger partial charge in [-0.3, -0.25) is 9.59 Å². The van der Waals surface area contributed by atoms with E-state index in [4.69, 9.17) is 5.73 Å². The Morgan fingerprint density at radius 1 is 1.15 bits per heavy atom. The van der Waals surface area contributed by atoms with E-state index in [1.165, 1.54) is 17.3 Å². The number of hydrogen-bond acceptors (Lipinski definition) is 5. The highest BCUT2D eigenvalue weighted by Crippen LogP contribution is 2.19. The molecule has 2 aromatic rings. The van der Waals surface area contributed by atoms with Gasteiger partial charge in [-0.2, -0.15) is 0 Å². The van der Waals surface area contributed by atoms with Gasteiger partial charge in [0.2, 0.25) is 11.8 Å². The monoisotopic (exact) mass is 386 g/mol. The van der Waals surface area contributed by atoms with Gasteiger partial charge in [-0.25, -0.2) is 9.97 Å². The fraction of sp³-hybridized carbons (Fsp3) is 0.400. The minimum Gasteiger partial charge on any atom is -0.369 e. The summed E-state index contributed by atoms with van der Waals surface area (Å²) in [4.78, 5) is 31.9. The molecule has 0 saturated carbocycles. The van der Waals surface area contributed by atoms with Crippen molar-refractivity contribution < 1.29 is 9.59 Å². The van der Waals surface area contributed by atoms with Gasteiger partial charge in [0, 0.05) is 24.4 Å². The van der Waals surface area contributed by atoms with Gasteiger partial charge in [0.05, 0.1) is 5.75 Å². The number of hydrogen-bond donors (Lipinski definition) is 2. The number of benzene rings is 1. The molecule has 7 heteroatoms. The summed E-state index contributed by atoms with van der Waals surface area (Å²) in [6.07, 6.45) is 0.976. The van der Waals surface area contributed by atoms with Gasteiger partial charge in [0.1, 0.15) is 0 Å². The lowest BCUT2D eigenvalue weighted by atomic mass is 10.0. The summed E-state index contributed by atoms with van der Waals surface area (Å²) in [5.41, 5.74) is 9.01. The molecule has 1 heterocycles. The van der Waals surface area contributed by atoms with Crippen molar-refractivity contribution in [1.29, 1.82) is 0 Å². The van der Waals surface area contributed by atoms with E-state index in [9.17, 15) is 9.59 Å². The van der Waals surface area contributed by atoms with E-state index < -0.39 is 5.91 Å². The smallest absolute Gasteiger partial charge is 0.227 e. The van der Waals surface area contributed by atoms with Crippen molar-refractivity contribution >= 4 is 23.6 Å². The number of rotatable bonds is 9. The number of primary amides is 1. The van der Waals surface area contributed by atoms with Crippen LogP contribution in [-0.2, 0) is 16.0 Å². The van der Waals surface area contributed by atoms with Crippen molar-refractivity contribution in [2.24, 2.45) is 5.73 Å². The highest BCUT2D eigenvalue weighted by molar-refractivity contribution is 7.99. The van der Waals surface area contributed by atoms with Crippen LogP contribution in [0.3, 0.4) is 0 Å². The minimum atomic E-state index is -0.399. The van der Waals surface area contributed by atoms with Gasteiger partial charge >= 0.3 is 0 Å². The number of nitrogens with two attached hydrogens (primary N) is 1. The second kappa shape index (κ2) is 10.1. The zero-order chi connectivity index (χ0) is 19.8. The highest BCUT2D eigenvalue weighted by Gasteiger charge is 2.13. The molecule has 6 nitrogen and oxygen atoms in total. The normalized spacial score (nSPS) is 11.8. The molecule has 0 aliphatic heterocycles. The molecule has 0 aliphatic carbocycles. The maximum atomic E-state index is 12.2. The lowest BCUT2D eigenvalue weighted by molar-refractivity contribution is -0.121. The molecule has 0 unspecified atom stereocenters. The number of carbonyl (C=O) groups excluding carboxylic acids is 2. The van der Waals surface area contributed by atoms with Crippen LogP contribution in [0.25, 0.3) is 0 Å². The molecule has 0 radical (unpaired) electrons. The molecule has 3 N–H and O–H groups in total. The average molecular weight is 387 g/mol. The van der Waals surface area contributed by atoms with Crippen LogP contribution in [0, 0.1) is 13.8 Å². The van der Waals surface area contributed by atoms with Crippen LogP contribution in [0.15, 0.2) is 35.5 Å². The Morgan fingerprint density at radius 2 is 1.78 bits per heavy atom. The molecule has 0 spiro atoms.